The lowest BCUT2D eigenvalue weighted by atomic mass is 10.2. The number of amides is 1. The first-order valence-corrected chi connectivity index (χ1v) is 17.3. The van der Waals surface area contributed by atoms with E-state index in [2.05, 4.69) is 35.6 Å². The first-order chi connectivity index (χ1) is 25.2. The fourth-order valence-corrected chi connectivity index (χ4v) is 4.72. The second-order valence-corrected chi connectivity index (χ2v) is 12.5. The number of carbonyl (C=O) groups excluding carboxylic acids is 8. The Labute approximate surface area is 318 Å². The van der Waals surface area contributed by atoms with Gasteiger partial charge in [-0.15, -0.1) is 0 Å². The van der Waals surface area contributed by atoms with Crippen LogP contribution in [0.4, 0.5) is 5.69 Å². The number of rotatable bonds is 17. The van der Waals surface area contributed by atoms with Crippen LogP contribution in [-0.2, 0) is 66.8 Å². The van der Waals surface area contributed by atoms with E-state index < -0.39 is 78.3 Å². The quantitative estimate of drug-likeness (QED) is 0.104. The molecule has 0 bridgehead atoms. The van der Waals surface area contributed by atoms with E-state index in [9.17, 15) is 38.4 Å². The number of benzene rings is 1. The maximum Gasteiger partial charge on any atom is 0.347 e. The van der Waals surface area contributed by atoms with Crippen molar-refractivity contribution < 1.29 is 66.8 Å². The van der Waals surface area contributed by atoms with Crippen LogP contribution in [0.3, 0.4) is 0 Å². The molecule has 19 nitrogen and oxygen atoms in total. The third-order valence-electron chi connectivity index (χ3n) is 7.06. The number of nitrogens with zero attached hydrogens (tertiary/aromatic N) is 4. The minimum Gasteiger partial charge on any atom is -0.451 e. The Balaban J connectivity index is 2.01. The number of hydrogen-bond acceptors (Lipinski definition) is 17. The predicted molar refractivity (Wildman–Crippen MR) is 189 cm³/mol. The molecule has 0 fully saturated rings. The van der Waals surface area contributed by atoms with E-state index in [0.29, 0.717) is 21.2 Å². The summed E-state index contributed by atoms with van der Waals surface area (Å²) in [6.45, 7) is 9.47. The van der Waals surface area contributed by atoms with Crippen molar-refractivity contribution in [2.45, 2.75) is 105 Å². The summed E-state index contributed by atoms with van der Waals surface area (Å²) in [7, 11) is 0. The van der Waals surface area contributed by atoms with E-state index in [1.165, 1.54) is 33.2 Å². The fraction of sp³-hybridized carbons (Fsp3) is 0.500. The molecule has 2 aromatic rings. The van der Waals surface area contributed by atoms with Gasteiger partial charge in [-0.1, -0.05) is 0 Å². The van der Waals surface area contributed by atoms with Crippen molar-refractivity contribution in [2.75, 3.05) is 6.54 Å². The summed E-state index contributed by atoms with van der Waals surface area (Å²) in [4.78, 5) is 112. The van der Waals surface area contributed by atoms with Gasteiger partial charge in [0, 0.05) is 32.3 Å². The number of aromatic nitrogens is 2. The number of Topliss-reactive ketones (excluding diaryl/α,β-unsaturated/α-hetero) is 1. The number of halogens is 1. The summed E-state index contributed by atoms with van der Waals surface area (Å²) in [5.41, 5.74) is 7.65. The normalized spacial score (nSPS) is 14.6. The zero-order chi connectivity index (χ0) is 40.9. The van der Waals surface area contributed by atoms with Crippen molar-refractivity contribution in [1.82, 2.24) is 14.9 Å². The van der Waals surface area contributed by atoms with Gasteiger partial charge in [-0.05, 0) is 82.9 Å². The van der Waals surface area contributed by atoms with Gasteiger partial charge in [0.1, 0.15) is 11.3 Å². The maximum absolute atomic E-state index is 13.5. The van der Waals surface area contributed by atoms with Gasteiger partial charge in [-0.3, -0.25) is 24.5 Å². The van der Waals surface area contributed by atoms with E-state index in [0.717, 1.165) is 39.5 Å². The van der Waals surface area contributed by atoms with Gasteiger partial charge in [-0.2, -0.15) is 0 Å². The molecule has 2 rings (SSSR count). The van der Waals surface area contributed by atoms with E-state index in [4.69, 9.17) is 29.4 Å². The van der Waals surface area contributed by atoms with Crippen molar-refractivity contribution in [2.24, 2.45) is 10.7 Å². The molecular formula is C34H42BrN5O14. The van der Waals surface area contributed by atoms with Gasteiger partial charge in [-0.25, -0.2) is 29.0 Å². The molecule has 0 saturated heterocycles. The zero-order valence-corrected chi connectivity index (χ0v) is 32.4. The number of guanidine groups is 1. The molecule has 0 aliphatic carbocycles. The minimum atomic E-state index is -1.60. The standard InChI is InChI=1S/C34H42BrN5O14/c1-16(41)10-9-15-40(34(36)39-24-11-12-25-27(26(24)35)38-14-13-37-25)28(43)17(2)50-30(45)19(4)52-32(47)21(6)54-33(48)22(7)53-31(46)20(5)51-29(44)18(3)49-23(8)42/h11-14,17-22H,9-10,15H2,1-8H3,(H2,36,39)/t17-,18-,19-,20-,21-,22-/m1/s1. The molecule has 0 spiro atoms. The van der Waals surface area contributed by atoms with Gasteiger partial charge in [0.2, 0.25) is 5.96 Å². The first-order valence-electron chi connectivity index (χ1n) is 16.5. The van der Waals surface area contributed by atoms with Crippen LogP contribution in [-0.4, -0.2) is 112 Å². The highest BCUT2D eigenvalue weighted by molar-refractivity contribution is 9.10. The Bertz CT molecular complexity index is 1790. The van der Waals surface area contributed by atoms with Crippen molar-refractivity contribution in [3.05, 3.63) is 29.0 Å². The minimum absolute atomic E-state index is 0.0544. The Hall–Kier alpha value is -5.53. The number of carbonyl (C=O) groups is 8. The lowest BCUT2D eigenvalue weighted by molar-refractivity contribution is -0.187. The maximum atomic E-state index is 13.5. The monoisotopic (exact) mass is 823 g/mol. The first kappa shape index (κ1) is 44.6. The number of fused-ring (bicyclic) bond motifs is 1. The molecule has 1 heterocycles. The van der Waals surface area contributed by atoms with Crippen molar-refractivity contribution in [3.8, 4) is 0 Å². The molecule has 294 valence electrons. The summed E-state index contributed by atoms with van der Waals surface area (Å²) >= 11 is 3.43. The smallest absolute Gasteiger partial charge is 0.347 e. The second kappa shape index (κ2) is 20.6. The van der Waals surface area contributed by atoms with Crippen LogP contribution < -0.4 is 5.73 Å². The Morgan fingerprint density at radius 2 is 1.11 bits per heavy atom. The summed E-state index contributed by atoms with van der Waals surface area (Å²) in [5, 5.41) is 0. The van der Waals surface area contributed by atoms with Gasteiger partial charge < -0.3 is 38.9 Å². The van der Waals surface area contributed by atoms with Crippen molar-refractivity contribution in [3.63, 3.8) is 0 Å². The third-order valence-corrected chi connectivity index (χ3v) is 7.84. The van der Waals surface area contributed by atoms with Crippen LogP contribution in [0.1, 0.15) is 68.2 Å². The number of hydrogen-bond donors (Lipinski definition) is 1. The van der Waals surface area contributed by atoms with Crippen LogP contribution in [0.25, 0.3) is 11.0 Å². The molecule has 1 aromatic heterocycles. The largest absolute Gasteiger partial charge is 0.451 e. The average Bonchev–Trinajstić information content (AvgIpc) is 3.10. The number of aliphatic imine (C=N–C) groups is 1. The van der Waals surface area contributed by atoms with E-state index in [1.54, 1.807) is 12.1 Å². The zero-order valence-electron chi connectivity index (χ0n) is 30.9. The second-order valence-electron chi connectivity index (χ2n) is 11.7. The highest BCUT2D eigenvalue weighted by Gasteiger charge is 2.33. The molecule has 54 heavy (non-hydrogen) atoms. The van der Waals surface area contributed by atoms with Crippen molar-refractivity contribution >= 4 is 86.1 Å². The van der Waals surface area contributed by atoms with Gasteiger partial charge in [0.05, 0.1) is 15.7 Å². The third kappa shape index (κ3) is 13.5. The van der Waals surface area contributed by atoms with Gasteiger partial charge >= 0.3 is 35.8 Å². The number of ether oxygens (including phenoxy) is 6. The van der Waals surface area contributed by atoms with Crippen molar-refractivity contribution in [1.29, 1.82) is 0 Å². The Morgan fingerprint density at radius 3 is 1.56 bits per heavy atom. The molecule has 0 aliphatic rings. The van der Waals surface area contributed by atoms with Gasteiger partial charge in [0.15, 0.2) is 36.6 Å². The fourth-order valence-electron chi connectivity index (χ4n) is 4.20. The van der Waals surface area contributed by atoms with Crippen LogP contribution in [0, 0.1) is 0 Å². The lowest BCUT2D eigenvalue weighted by Crippen LogP contribution is -2.48. The molecule has 1 aromatic carbocycles. The lowest BCUT2D eigenvalue weighted by Gasteiger charge is -2.25. The predicted octanol–water partition coefficient (Wildman–Crippen LogP) is 2.15. The topological polar surface area (TPSA) is 259 Å². The van der Waals surface area contributed by atoms with E-state index in [-0.39, 0.29) is 31.1 Å². The van der Waals surface area contributed by atoms with E-state index >= 15 is 0 Å². The number of esters is 6. The number of ketones is 1. The van der Waals surface area contributed by atoms with Crippen LogP contribution in [0.2, 0.25) is 0 Å². The van der Waals surface area contributed by atoms with Crippen LogP contribution >= 0.6 is 15.9 Å². The SMILES string of the molecule is CC(=O)CCCN(C(=O)[C@@H](C)OC(=O)[C@@H](C)OC(=O)[C@@H](C)OC(=O)[C@@H](C)OC(=O)[C@@H](C)OC(=O)[C@@H](C)OC(C)=O)/C(N)=N/c1ccc2nccnc2c1Br. The van der Waals surface area contributed by atoms with Gasteiger partial charge in [0.25, 0.3) is 5.91 Å². The molecular weight excluding hydrogens is 782 g/mol. The molecule has 0 radical (unpaired) electrons. The van der Waals surface area contributed by atoms with E-state index in [1.807, 2.05) is 0 Å². The molecule has 20 heteroatoms. The Morgan fingerprint density at radius 1 is 0.685 bits per heavy atom. The Kier molecular flexibility index (Phi) is 17.1. The molecule has 0 saturated carbocycles. The van der Waals surface area contributed by atoms with Crippen LogP contribution in [0.5, 0.6) is 0 Å². The summed E-state index contributed by atoms with van der Waals surface area (Å²) in [6.07, 6.45) is -5.64. The molecule has 6 atom stereocenters. The molecule has 0 unspecified atom stereocenters. The van der Waals surface area contributed by atoms with Crippen LogP contribution in [0.15, 0.2) is 34.0 Å². The molecule has 1 amide bonds. The highest BCUT2D eigenvalue weighted by atomic mass is 79.9. The summed E-state index contributed by atoms with van der Waals surface area (Å²) in [6, 6.07) is 3.26. The highest BCUT2D eigenvalue weighted by Crippen LogP contribution is 2.31. The molecule has 2 N–H and O–H groups in total. The summed E-state index contributed by atoms with van der Waals surface area (Å²) in [5.74, 6) is -7.60. The average molecular weight is 825 g/mol. The molecule has 0 aliphatic heterocycles. The number of nitrogens with two attached hydrogens (primary N) is 1. The summed E-state index contributed by atoms with van der Waals surface area (Å²) < 4.78 is 30.2.